The van der Waals surface area contributed by atoms with Gasteiger partial charge < -0.3 is 9.84 Å². The molecular weight excluding hydrogens is 290 g/mol. The minimum absolute atomic E-state index is 0.0544. The van der Waals surface area contributed by atoms with E-state index in [0.29, 0.717) is 23.1 Å². The first-order valence-corrected chi connectivity index (χ1v) is 8.53. The van der Waals surface area contributed by atoms with Crippen LogP contribution in [-0.2, 0) is 0 Å². The van der Waals surface area contributed by atoms with Gasteiger partial charge in [0.2, 0.25) is 0 Å². The van der Waals surface area contributed by atoms with Gasteiger partial charge in [0.1, 0.15) is 0 Å². The van der Waals surface area contributed by atoms with E-state index < -0.39 is 0 Å². The van der Waals surface area contributed by atoms with Gasteiger partial charge in [0.25, 0.3) is 11.6 Å². The highest BCUT2D eigenvalue weighted by atomic mass is 16.5. The highest BCUT2D eigenvalue weighted by molar-refractivity contribution is 5.97. The molecule has 23 heavy (non-hydrogen) atoms. The topological polar surface area (TPSA) is 68.0 Å². The molecule has 124 valence electrons. The van der Waals surface area contributed by atoms with Crippen LogP contribution in [0.4, 0.5) is 0 Å². The molecule has 0 spiro atoms. The summed E-state index contributed by atoms with van der Waals surface area (Å²) < 4.78 is 5.23. The Hall–Kier alpha value is -1.91. The summed E-state index contributed by atoms with van der Waals surface area (Å²) in [6.07, 6.45) is 5.05. The number of fused-ring (bicyclic) bond motifs is 1. The zero-order chi connectivity index (χ0) is 16.6. The Kier molecular flexibility index (Phi) is 4.37. The van der Waals surface area contributed by atoms with Crippen molar-refractivity contribution in [2.24, 2.45) is 11.8 Å². The van der Waals surface area contributed by atoms with Crippen LogP contribution in [0.3, 0.4) is 0 Å². The molecule has 2 heterocycles. The minimum Gasteiger partial charge on any atom is -0.349 e. The molecule has 0 aliphatic heterocycles. The number of pyridine rings is 1. The van der Waals surface area contributed by atoms with E-state index in [-0.39, 0.29) is 17.9 Å². The lowest BCUT2D eigenvalue weighted by atomic mass is 9.78. The van der Waals surface area contributed by atoms with Crippen molar-refractivity contribution in [3.05, 3.63) is 23.5 Å². The maximum Gasteiger partial charge on any atom is 0.257 e. The van der Waals surface area contributed by atoms with Crippen LogP contribution in [0.25, 0.3) is 11.1 Å². The Morgan fingerprint density at radius 1 is 1.35 bits per heavy atom. The molecule has 0 unspecified atom stereocenters. The largest absolute Gasteiger partial charge is 0.349 e. The van der Waals surface area contributed by atoms with E-state index in [0.717, 1.165) is 17.5 Å². The summed E-state index contributed by atoms with van der Waals surface area (Å²) in [5.74, 6) is 1.34. The average molecular weight is 315 g/mol. The summed E-state index contributed by atoms with van der Waals surface area (Å²) in [6.45, 7) is 8.60. The SMILES string of the molecule is CC(C)c1noc2ncc(C(=O)N[C@@H]3CCC[C@H](C)[C@@H]3C)cc12. The number of carbonyl (C=O) groups excluding carboxylic acids is 1. The summed E-state index contributed by atoms with van der Waals surface area (Å²) >= 11 is 0. The summed E-state index contributed by atoms with van der Waals surface area (Å²) in [5.41, 5.74) is 1.92. The maximum atomic E-state index is 12.6. The van der Waals surface area contributed by atoms with Crippen molar-refractivity contribution in [2.45, 2.75) is 58.9 Å². The molecule has 5 nitrogen and oxygen atoms in total. The van der Waals surface area contributed by atoms with Gasteiger partial charge in [0.15, 0.2) is 0 Å². The molecular formula is C18H25N3O2. The molecule has 0 bridgehead atoms. The summed E-state index contributed by atoms with van der Waals surface area (Å²) in [6, 6.07) is 2.09. The molecule has 3 atom stereocenters. The van der Waals surface area contributed by atoms with Gasteiger partial charge >= 0.3 is 0 Å². The fraction of sp³-hybridized carbons (Fsp3) is 0.611. The van der Waals surface area contributed by atoms with Gasteiger partial charge in [-0.3, -0.25) is 4.79 Å². The van der Waals surface area contributed by atoms with E-state index in [9.17, 15) is 4.79 Å². The number of amides is 1. The predicted molar refractivity (Wildman–Crippen MR) is 89.3 cm³/mol. The molecule has 0 aromatic carbocycles. The van der Waals surface area contributed by atoms with Crippen molar-refractivity contribution in [3.63, 3.8) is 0 Å². The highest BCUT2D eigenvalue weighted by Crippen LogP contribution is 2.30. The second kappa shape index (κ2) is 6.30. The average Bonchev–Trinajstić information content (AvgIpc) is 2.95. The number of carbonyl (C=O) groups is 1. The second-order valence-electron chi connectivity index (χ2n) is 7.15. The van der Waals surface area contributed by atoms with Crippen LogP contribution in [0.1, 0.15) is 68.9 Å². The fourth-order valence-electron chi connectivity index (χ4n) is 3.43. The van der Waals surface area contributed by atoms with Crippen LogP contribution < -0.4 is 5.32 Å². The summed E-state index contributed by atoms with van der Waals surface area (Å²) in [5, 5.41) is 8.09. The number of nitrogens with one attached hydrogen (secondary N) is 1. The molecule has 0 radical (unpaired) electrons. The number of nitrogens with zero attached hydrogens (tertiary/aromatic N) is 2. The molecule has 1 aliphatic rings. The Bertz CT molecular complexity index is 707. The molecule has 1 saturated carbocycles. The molecule has 2 aromatic heterocycles. The maximum absolute atomic E-state index is 12.6. The van der Waals surface area contributed by atoms with E-state index in [2.05, 4.69) is 43.2 Å². The van der Waals surface area contributed by atoms with Crippen molar-refractivity contribution >= 4 is 17.0 Å². The lowest BCUT2D eigenvalue weighted by Gasteiger charge is -2.34. The highest BCUT2D eigenvalue weighted by Gasteiger charge is 2.28. The molecule has 3 rings (SSSR count). The van der Waals surface area contributed by atoms with Crippen LogP contribution in [0, 0.1) is 11.8 Å². The fourth-order valence-corrected chi connectivity index (χ4v) is 3.43. The van der Waals surface area contributed by atoms with E-state index >= 15 is 0 Å². The first-order chi connectivity index (χ1) is 11.0. The molecule has 1 fully saturated rings. The Labute approximate surface area is 136 Å². The van der Waals surface area contributed by atoms with Crippen molar-refractivity contribution in [1.82, 2.24) is 15.5 Å². The lowest BCUT2D eigenvalue weighted by molar-refractivity contribution is 0.0891. The Morgan fingerprint density at radius 3 is 2.87 bits per heavy atom. The van der Waals surface area contributed by atoms with E-state index in [1.54, 1.807) is 6.20 Å². The zero-order valence-corrected chi connectivity index (χ0v) is 14.3. The van der Waals surface area contributed by atoms with E-state index in [4.69, 9.17) is 4.52 Å². The van der Waals surface area contributed by atoms with Crippen LogP contribution >= 0.6 is 0 Å². The third kappa shape index (κ3) is 3.09. The lowest BCUT2D eigenvalue weighted by Crippen LogP contribution is -2.43. The normalized spacial score (nSPS) is 25.0. The Morgan fingerprint density at radius 2 is 2.13 bits per heavy atom. The van der Waals surface area contributed by atoms with E-state index in [1.807, 2.05) is 6.07 Å². The zero-order valence-electron chi connectivity index (χ0n) is 14.3. The van der Waals surface area contributed by atoms with Crippen molar-refractivity contribution in [2.75, 3.05) is 0 Å². The molecule has 2 aromatic rings. The molecule has 0 saturated heterocycles. The quantitative estimate of drug-likeness (QED) is 0.932. The number of hydrogen-bond acceptors (Lipinski definition) is 4. The summed E-state index contributed by atoms with van der Waals surface area (Å²) in [4.78, 5) is 16.9. The van der Waals surface area contributed by atoms with E-state index in [1.165, 1.54) is 12.8 Å². The number of aromatic nitrogens is 2. The second-order valence-corrected chi connectivity index (χ2v) is 7.15. The van der Waals surface area contributed by atoms with Crippen LogP contribution in [-0.4, -0.2) is 22.1 Å². The first-order valence-electron chi connectivity index (χ1n) is 8.53. The van der Waals surface area contributed by atoms with Crippen molar-refractivity contribution < 1.29 is 9.32 Å². The van der Waals surface area contributed by atoms with Crippen LogP contribution in [0.5, 0.6) is 0 Å². The first kappa shape index (κ1) is 16.0. The van der Waals surface area contributed by atoms with Crippen LogP contribution in [0.2, 0.25) is 0 Å². The molecule has 1 amide bonds. The van der Waals surface area contributed by atoms with Gasteiger partial charge in [0.05, 0.1) is 16.6 Å². The van der Waals surface area contributed by atoms with Crippen molar-refractivity contribution in [3.8, 4) is 0 Å². The molecule has 5 heteroatoms. The third-order valence-electron chi connectivity index (χ3n) is 5.19. The number of hydrogen-bond donors (Lipinski definition) is 1. The van der Waals surface area contributed by atoms with Gasteiger partial charge in [-0.1, -0.05) is 45.7 Å². The smallest absolute Gasteiger partial charge is 0.257 e. The number of rotatable bonds is 3. The van der Waals surface area contributed by atoms with Gasteiger partial charge in [0, 0.05) is 12.2 Å². The van der Waals surface area contributed by atoms with Crippen LogP contribution in [0.15, 0.2) is 16.8 Å². The molecule has 1 aliphatic carbocycles. The monoisotopic (exact) mass is 315 g/mol. The summed E-state index contributed by atoms with van der Waals surface area (Å²) in [7, 11) is 0. The standard InChI is InChI=1S/C18H25N3O2/c1-10(2)16-14-8-13(9-19-18(14)23-21-16)17(22)20-15-7-5-6-11(3)12(15)4/h8-12,15H,5-7H2,1-4H3,(H,20,22)/t11-,12-,15+/m0/s1. The van der Waals surface area contributed by atoms with Gasteiger partial charge in [-0.25, -0.2) is 4.98 Å². The Balaban J connectivity index is 1.82. The minimum atomic E-state index is -0.0544. The third-order valence-corrected chi connectivity index (χ3v) is 5.19. The molecule has 1 N–H and O–H groups in total. The predicted octanol–water partition coefficient (Wildman–Crippen LogP) is 3.90. The van der Waals surface area contributed by atoms with Gasteiger partial charge in [-0.2, -0.15) is 0 Å². The van der Waals surface area contributed by atoms with Crippen molar-refractivity contribution in [1.29, 1.82) is 0 Å². The van der Waals surface area contributed by atoms with Gasteiger partial charge in [-0.05, 0) is 30.2 Å². The van der Waals surface area contributed by atoms with Gasteiger partial charge in [-0.15, -0.1) is 0 Å².